The van der Waals surface area contributed by atoms with Crippen molar-refractivity contribution in [2.75, 3.05) is 39.4 Å². The molecule has 0 aromatic heterocycles. The van der Waals surface area contributed by atoms with E-state index in [-0.39, 0.29) is 123 Å². The molecule has 16 fully saturated rings. The molecule has 6 saturated heterocycles. The van der Waals surface area contributed by atoms with Gasteiger partial charge in [0, 0.05) is 60.9 Å². The molecule has 10 aliphatic carbocycles. The molecule has 0 radical (unpaired) electrons. The summed E-state index contributed by atoms with van der Waals surface area (Å²) < 4.78 is 67.5. The van der Waals surface area contributed by atoms with Crippen molar-refractivity contribution in [2.45, 2.75) is 402 Å². The van der Waals surface area contributed by atoms with Crippen LogP contribution in [-0.2, 0) is 42.0 Å². The van der Waals surface area contributed by atoms with Gasteiger partial charge < -0.3 is 62.1 Å². The second kappa shape index (κ2) is 34.5. The number of amides is 1. The first-order valence-electron chi connectivity index (χ1n) is 48.1. The first kappa shape index (κ1) is 90.9. The zero-order valence-electron chi connectivity index (χ0n) is 76.4. The maximum Gasteiger partial charge on any atom is 0.410 e. The van der Waals surface area contributed by atoms with Crippen LogP contribution < -0.4 is 10.1 Å². The Hall–Kier alpha value is -2.32. The summed E-state index contributed by atoms with van der Waals surface area (Å²) in [4.78, 5) is 35.0. The second-order valence-corrected chi connectivity index (χ2v) is 53.7. The van der Waals surface area contributed by atoms with Crippen LogP contribution in [-0.4, -0.2) is 156 Å². The van der Waals surface area contributed by atoms with Gasteiger partial charge in [-0.15, -0.1) is 0 Å². The van der Waals surface area contributed by atoms with Crippen LogP contribution in [0, 0.1) is 123 Å². The zero-order valence-corrected chi connectivity index (χ0v) is 79.2. The van der Waals surface area contributed by atoms with Crippen molar-refractivity contribution >= 4 is 45.4 Å². The monoisotopic (exact) mass is 1690 g/mol. The van der Waals surface area contributed by atoms with Crippen molar-refractivity contribution in [2.24, 2.45) is 113 Å². The standard InChI is InChI=1S/C45H77NO6Si.C41H72O5Si.C7H4ClNO4.C3H7N/c1-11-53(12-2,13-3)52-39-38-36(30(6)27-31(49-38)37(29(4)5)51-40(47)46-24-16-25-46)42(9)22-23-45-28-44(45)21-20-34(50-35-17-14-15-26-48-35)41(7,8)32(44)18-19-33(45)43(39,42)10;1-11-47(12-2,13-3)46-36-35-33(27(6)24-28(44-35)34(42)26(4)5)38(9)21-22-41-25-40(41)20-19-31(45-32-16-14-15-23-43-32)37(7,8)29(40)17-18-30(41)39(36,38)10;8-7(10)13-6-3-1-5(2-4-6)9(11)12;1-2-4-3-1/h29-39H,11-28H2,1-10H3;26-36,42H,11-25H2,1-10H3;1-4H;4H,1-3H2/t30-,31-,32+,33+,34?,35+,36+,37-,38+,39+,42-,43-,44-,45?;27-,28-,29+,30+,31?,32+,33+,34-,35+,36+,38-,39-,40-,41?;;/m11../s1. The van der Waals surface area contributed by atoms with Crippen molar-refractivity contribution in [3.8, 4) is 5.75 Å². The van der Waals surface area contributed by atoms with Gasteiger partial charge in [0.15, 0.2) is 29.2 Å². The summed E-state index contributed by atoms with van der Waals surface area (Å²) in [5, 5.41) is 24.7. The molecule has 10 saturated carbocycles. The van der Waals surface area contributed by atoms with E-state index >= 15 is 0 Å². The highest BCUT2D eigenvalue weighted by atomic mass is 35.5. The van der Waals surface area contributed by atoms with Crippen LogP contribution in [0.15, 0.2) is 24.3 Å². The number of halogens is 1. The number of non-ortho nitro benzene ring substituents is 1. The topological polar surface area (TPSA) is 205 Å². The van der Waals surface area contributed by atoms with Gasteiger partial charge in [0.2, 0.25) is 0 Å². The molecule has 1 aromatic carbocycles. The predicted octanol–water partition coefficient (Wildman–Crippen LogP) is 22.7. The van der Waals surface area contributed by atoms with E-state index in [0.29, 0.717) is 69.2 Å². The Labute approximate surface area is 713 Å². The van der Waals surface area contributed by atoms with Crippen molar-refractivity contribution < 1.29 is 66.4 Å². The number of carbonyl (C=O) groups excluding carboxylic acids is 2. The molecule has 1 amide bonds. The van der Waals surface area contributed by atoms with Gasteiger partial charge in [-0.05, 0) is 318 Å². The summed E-state index contributed by atoms with van der Waals surface area (Å²) in [5.74, 6) is 5.26. The summed E-state index contributed by atoms with van der Waals surface area (Å²) in [6, 6.07) is 12.0. The number of aliphatic hydroxyl groups is 1. The number of nitrogens with one attached hydrogen (secondary N) is 1. The molecule has 4 spiro atoms. The number of nitro benzene ring substituents is 1. The number of fused-ring (bicyclic) bond motifs is 8. The SMILES string of the molecule is C1CNC1.CC[Si](CC)(CC)O[C@H]1[C@H]2O[C@@H]([C@H](O)C(C)C)C[C@@H](C)[C@@H]2[C@@]2(C)CCC34C[C@@]35CCC(O[C@H]3CCCCO3)C(C)(C)[C@@H]5CC[C@H]4[C@]12C.CC[Si](CC)(CC)O[C@H]1[C@H]2O[C@@H]([C@H](OC(=O)N3CCC3)C(C)C)C[C@@H](C)[C@@H]2[C@@]2(C)CCC34C[C@@]35CCC(O[C@H]3CCCCO3)C(C)(C)[C@@H]5CC[C@H]4[C@]12C.O=C(Cl)Oc1ccc([N+](=O)[O-])cc1. The predicted molar refractivity (Wildman–Crippen MR) is 466 cm³/mol. The Morgan fingerprint density at radius 1 is 0.573 bits per heavy atom. The number of rotatable bonds is 21. The van der Waals surface area contributed by atoms with Gasteiger partial charge in [-0.25, -0.2) is 9.59 Å². The molecule has 4 unspecified atom stereocenters. The van der Waals surface area contributed by atoms with E-state index in [1.165, 1.54) is 177 Å². The van der Waals surface area contributed by atoms with E-state index in [9.17, 15) is 24.8 Å². The van der Waals surface area contributed by atoms with Crippen LogP contribution in [0.5, 0.6) is 5.75 Å². The first-order valence-corrected chi connectivity index (χ1v) is 53.6. The quantitative estimate of drug-likeness (QED) is 0.0386. The average molecular weight is 1690 g/mol. The number of aliphatic hydroxyl groups excluding tert-OH is 1. The highest BCUT2D eigenvalue weighted by molar-refractivity contribution is 6.74. The summed E-state index contributed by atoms with van der Waals surface area (Å²) >= 11 is 4.92. The van der Waals surface area contributed by atoms with Crippen LogP contribution in [0.1, 0.15) is 293 Å². The maximum atomic E-state index is 13.3. The third-order valence-electron chi connectivity index (χ3n) is 38.4. The molecule has 17 rings (SSSR count). The second-order valence-electron chi connectivity index (χ2n) is 44.0. The van der Waals surface area contributed by atoms with Gasteiger partial charge in [0.25, 0.3) is 5.69 Å². The minimum atomic E-state index is -2.00. The van der Waals surface area contributed by atoms with Gasteiger partial charge in [-0.2, -0.15) is 0 Å². The summed E-state index contributed by atoms with van der Waals surface area (Å²) in [5.41, 5.74) is 1.40. The van der Waals surface area contributed by atoms with Gasteiger partial charge >= 0.3 is 11.5 Å². The van der Waals surface area contributed by atoms with Crippen LogP contribution in [0.4, 0.5) is 15.3 Å². The van der Waals surface area contributed by atoms with Crippen molar-refractivity contribution in [3.63, 3.8) is 0 Å². The Bertz CT molecular complexity index is 3560. The number of carbonyl (C=O) groups is 2. The van der Waals surface area contributed by atoms with Gasteiger partial charge in [-0.3, -0.25) is 10.1 Å². The molecule has 16 aliphatic rings. The Kier molecular flexibility index (Phi) is 26.8. The molecular weight excluding hydrogens is 1530 g/mol. The van der Waals surface area contributed by atoms with Crippen LogP contribution in [0.2, 0.25) is 36.3 Å². The highest BCUT2D eigenvalue weighted by Crippen LogP contribution is 2.92. The molecule has 6 aliphatic heterocycles. The molecule has 1 aromatic rings. The fourth-order valence-corrected chi connectivity index (χ4v) is 37.0. The number of nitrogens with zero attached hydrogens (tertiary/aromatic N) is 2. The number of nitro groups is 1. The summed E-state index contributed by atoms with van der Waals surface area (Å²) in [6.45, 7) is 55.0. The lowest BCUT2D eigenvalue weighted by molar-refractivity contribution is -0.384. The Morgan fingerprint density at radius 3 is 1.34 bits per heavy atom. The number of ether oxygens (including phenoxy) is 8. The van der Waals surface area contributed by atoms with E-state index in [1.54, 1.807) is 0 Å². The van der Waals surface area contributed by atoms with E-state index in [0.717, 1.165) is 82.5 Å². The highest BCUT2D eigenvalue weighted by Gasteiger charge is 2.87. The lowest BCUT2D eigenvalue weighted by atomic mass is 9.41. The fourth-order valence-electron chi connectivity index (χ4n) is 31.1. The number of hydrogen-bond acceptors (Lipinski definition) is 16. The molecule has 0 bridgehead atoms. The van der Waals surface area contributed by atoms with E-state index < -0.39 is 33.1 Å². The number of benzene rings is 1. The summed E-state index contributed by atoms with van der Waals surface area (Å²) in [6.07, 6.45) is 29.6. The van der Waals surface area contributed by atoms with Crippen molar-refractivity contribution in [1.29, 1.82) is 0 Å². The average Bonchev–Trinajstić information content (AvgIpc) is 1.46. The van der Waals surface area contributed by atoms with Crippen LogP contribution in [0.3, 0.4) is 0 Å². The molecule has 21 heteroatoms. The maximum absolute atomic E-state index is 13.3. The van der Waals surface area contributed by atoms with E-state index in [4.69, 9.17) is 53.6 Å². The van der Waals surface area contributed by atoms with E-state index in [2.05, 4.69) is 149 Å². The zero-order chi connectivity index (χ0) is 84.2. The normalized spacial score (nSPS) is 43.9. The van der Waals surface area contributed by atoms with Gasteiger partial charge in [0.05, 0.1) is 59.9 Å². The number of hydrogen-bond donors (Lipinski definition) is 2. The van der Waals surface area contributed by atoms with Gasteiger partial charge in [0.1, 0.15) is 11.9 Å². The minimum absolute atomic E-state index is 0.000720. The molecule has 664 valence electrons. The van der Waals surface area contributed by atoms with Crippen LogP contribution >= 0.6 is 11.6 Å². The summed E-state index contributed by atoms with van der Waals surface area (Å²) in [7, 11) is -3.94. The molecule has 18 nitrogen and oxygen atoms in total. The van der Waals surface area contributed by atoms with Crippen LogP contribution in [0.25, 0.3) is 0 Å². The lowest BCUT2D eigenvalue weighted by Crippen LogP contribution is -2.61. The van der Waals surface area contributed by atoms with Crippen molar-refractivity contribution in [1.82, 2.24) is 10.2 Å². The van der Waals surface area contributed by atoms with Crippen molar-refractivity contribution in [3.05, 3.63) is 34.4 Å². The van der Waals surface area contributed by atoms with Gasteiger partial charge in [-0.1, -0.05) is 138 Å². The molecule has 6 heterocycles. The Morgan fingerprint density at radius 2 is 0.983 bits per heavy atom. The number of likely N-dealkylation sites (tertiary alicyclic amines) is 1. The fraction of sp³-hybridized carbons (Fsp3) is 0.917. The third kappa shape index (κ3) is 15.2. The first-order chi connectivity index (χ1) is 55.5. The smallest absolute Gasteiger partial charge is 0.410 e. The Balaban J connectivity index is 0.000000161. The van der Waals surface area contributed by atoms with E-state index in [1.807, 2.05) is 4.90 Å². The molecule has 28 atom stereocenters. The molecular formula is C96H160ClN3O15Si2. The third-order valence-corrected chi connectivity index (χ3v) is 47.7. The molecule has 117 heavy (non-hydrogen) atoms. The molecule has 2 N–H and O–H groups in total. The lowest BCUT2D eigenvalue weighted by Gasteiger charge is -2.64. The minimum Gasteiger partial charge on any atom is -0.443 e. The largest absolute Gasteiger partial charge is 0.443 e.